The molecule has 1 N–H and O–H groups in total. The van der Waals surface area contributed by atoms with Gasteiger partial charge in [0.1, 0.15) is 11.1 Å². The summed E-state index contributed by atoms with van der Waals surface area (Å²) < 4.78 is 4.93. The Morgan fingerprint density at radius 2 is 2.10 bits per heavy atom. The molecule has 0 aliphatic carbocycles. The lowest BCUT2D eigenvalue weighted by Crippen LogP contribution is -2.12. The van der Waals surface area contributed by atoms with E-state index in [9.17, 15) is 14.4 Å². The number of hydrogen-bond acceptors (Lipinski definition) is 5. The van der Waals surface area contributed by atoms with Gasteiger partial charge in [-0.2, -0.15) is 0 Å². The van der Waals surface area contributed by atoms with Crippen molar-refractivity contribution in [3.05, 3.63) is 45.8 Å². The minimum atomic E-state index is -1.33. The number of aromatic carboxylic acids is 1. The number of hydrogen-bond donors (Lipinski definition) is 1. The predicted octanol–water partition coefficient (Wildman–Crippen LogP) is 2.12. The molecule has 0 amide bonds. The molecule has 106 valence electrons. The Hall–Kier alpha value is -2.52. The Labute approximate surface area is 124 Å². The highest BCUT2D eigenvalue weighted by Crippen LogP contribution is 2.15. The Balaban J connectivity index is 2.36. The fourth-order valence-electron chi connectivity index (χ4n) is 1.63. The van der Waals surface area contributed by atoms with Crippen molar-refractivity contribution in [2.24, 2.45) is 0 Å². The number of benzene rings is 1. The van der Waals surface area contributed by atoms with Crippen LogP contribution in [0.15, 0.2) is 33.5 Å². The van der Waals surface area contributed by atoms with Gasteiger partial charge >= 0.3 is 11.6 Å². The first kappa shape index (κ1) is 14.9. The highest BCUT2D eigenvalue weighted by molar-refractivity contribution is 8.13. The fourth-order valence-corrected chi connectivity index (χ4v) is 1.97. The van der Waals surface area contributed by atoms with Crippen molar-refractivity contribution in [1.29, 1.82) is 0 Å². The lowest BCUT2D eigenvalue weighted by Gasteiger charge is -1.99. The van der Waals surface area contributed by atoms with Crippen LogP contribution in [0.5, 0.6) is 0 Å². The molecule has 0 saturated carbocycles. The molecule has 21 heavy (non-hydrogen) atoms. The summed E-state index contributed by atoms with van der Waals surface area (Å²) in [5.74, 6) is 4.75. The molecule has 1 aromatic heterocycles. The molecule has 1 heterocycles. The minimum absolute atomic E-state index is 0.00399. The van der Waals surface area contributed by atoms with Crippen LogP contribution in [0.3, 0.4) is 0 Å². The lowest BCUT2D eigenvalue weighted by molar-refractivity contribution is -0.109. The number of rotatable bonds is 2. The maximum absolute atomic E-state index is 11.4. The Morgan fingerprint density at radius 1 is 1.33 bits per heavy atom. The highest BCUT2D eigenvalue weighted by atomic mass is 32.2. The first-order valence-corrected chi connectivity index (χ1v) is 6.89. The van der Waals surface area contributed by atoms with Crippen LogP contribution in [0.2, 0.25) is 0 Å². The molecule has 2 aromatic rings. The van der Waals surface area contributed by atoms with Gasteiger partial charge in [0.25, 0.3) is 0 Å². The zero-order chi connectivity index (χ0) is 15.4. The van der Waals surface area contributed by atoms with Gasteiger partial charge in [-0.05, 0) is 24.3 Å². The fraction of sp³-hybridized carbons (Fsp3) is 0.133. The molecule has 0 bridgehead atoms. The second-order valence-corrected chi connectivity index (χ2v) is 5.24. The molecule has 0 fully saturated rings. The first-order valence-electron chi connectivity index (χ1n) is 5.91. The standard InChI is InChI=1S/C15H10O5S/c1-9(16)21-6-2-3-10-4-5-13-11(7-10)8-12(14(17)18)15(19)20-13/h4-5,7-8H,6H2,1H3,(H,17,18). The number of carbonyl (C=O) groups is 2. The van der Waals surface area contributed by atoms with E-state index in [2.05, 4.69) is 11.8 Å². The van der Waals surface area contributed by atoms with Gasteiger partial charge in [-0.1, -0.05) is 23.6 Å². The van der Waals surface area contributed by atoms with Gasteiger partial charge in [0.2, 0.25) is 0 Å². The van der Waals surface area contributed by atoms with E-state index in [0.717, 1.165) is 11.8 Å². The van der Waals surface area contributed by atoms with E-state index >= 15 is 0 Å². The van der Waals surface area contributed by atoms with Crippen LogP contribution in [0, 0.1) is 11.8 Å². The third kappa shape index (κ3) is 3.74. The summed E-state index contributed by atoms with van der Waals surface area (Å²) in [5, 5.41) is 9.38. The molecule has 0 saturated heterocycles. The number of thioether (sulfide) groups is 1. The van der Waals surface area contributed by atoms with E-state index < -0.39 is 17.2 Å². The Bertz CT molecular complexity index is 838. The quantitative estimate of drug-likeness (QED) is 0.675. The summed E-state index contributed by atoms with van der Waals surface area (Å²) in [4.78, 5) is 33.1. The van der Waals surface area contributed by atoms with Crippen LogP contribution < -0.4 is 5.63 Å². The van der Waals surface area contributed by atoms with Gasteiger partial charge in [-0.3, -0.25) is 4.79 Å². The van der Waals surface area contributed by atoms with Crippen LogP contribution in [-0.2, 0) is 4.79 Å². The first-order chi connectivity index (χ1) is 9.97. The second kappa shape index (κ2) is 6.29. The molecule has 0 aliphatic heterocycles. The van der Waals surface area contributed by atoms with Gasteiger partial charge in [0, 0.05) is 17.9 Å². The summed E-state index contributed by atoms with van der Waals surface area (Å²) in [5.41, 5.74) is -0.350. The summed E-state index contributed by atoms with van der Waals surface area (Å²) in [6.07, 6.45) is 0. The van der Waals surface area contributed by atoms with Crippen molar-refractivity contribution in [3.63, 3.8) is 0 Å². The van der Waals surface area contributed by atoms with Gasteiger partial charge in [0.15, 0.2) is 5.12 Å². The maximum Gasteiger partial charge on any atom is 0.351 e. The molecule has 5 nitrogen and oxygen atoms in total. The van der Waals surface area contributed by atoms with E-state index in [1.807, 2.05) is 0 Å². The van der Waals surface area contributed by atoms with E-state index in [1.165, 1.54) is 13.0 Å². The van der Waals surface area contributed by atoms with E-state index in [-0.39, 0.29) is 5.12 Å². The zero-order valence-corrected chi connectivity index (χ0v) is 11.8. The van der Waals surface area contributed by atoms with Crippen molar-refractivity contribution in [1.82, 2.24) is 0 Å². The monoisotopic (exact) mass is 302 g/mol. The zero-order valence-electron chi connectivity index (χ0n) is 11.0. The molecule has 0 spiro atoms. The van der Waals surface area contributed by atoms with E-state index in [1.54, 1.807) is 18.2 Å². The molecule has 0 radical (unpaired) electrons. The summed E-state index contributed by atoms with van der Waals surface area (Å²) in [6, 6.07) is 6.12. The smallest absolute Gasteiger partial charge is 0.351 e. The highest BCUT2D eigenvalue weighted by Gasteiger charge is 2.11. The molecular formula is C15H10O5S. The van der Waals surface area contributed by atoms with Crippen LogP contribution in [0.25, 0.3) is 11.0 Å². The Morgan fingerprint density at radius 3 is 2.76 bits per heavy atom. The molecule has 2 rings (SSSR count). The van der Waals surface area contributed by atoms with Crippen LogP contribution in [0.1, 0.15) is 22.8 Å². The molecule has 1 aromatic carbocycles. The average molecular weight is 302 g/mol. The van der Waals surface area contributed by atoms with E-state index in [4.69, 9.17) is 9.52 Å². The summed E-state index contributed by atoms with van der Waals surface area (Å²) in [7, 11) is 0. The lowest BCUT2D eigenvalue weighted by atomic mass is 10.1. The van der Waals surface area contributed by atoms with E-state index in [0.29, 0.717) is 22.3 Å². The van der Waals surface area contributed by atoms with Gasteiger partial charge in [-0.15, -0.1) is 0 Å². The number of carboxylic acid groups (broad SMARTS) is 1. The van der Waals surface area contributed by atoms with Crippen molar-refractivity contribution < 1.29 is 19.1 Å². The topological polar surface area (TPSA) is 84.6 Å². The molecular weight excluding hydrogens is 292 g/mol. The SMILES string of the molecule is CC(=O)SCC#Cc1ccc2oc(=O)c(C(=O)O)cc2c1. The van der Waals surface area contributed by atoms with Gasteiger partial charge < -0.3 is 9.52 Å². The third-order valence-electron chi connectivity index (χ3n) is 2.54. The normalized spacial score (nSPS) is 9.95. The summed E-state index contributed by atoms with van der Waals surface area (Å²) in [6.45, 7) is 1.47. The van der Waals surface area contributed by atoms with Crippen LogP contribution >= 0.6 is 11.8 Å². The Kier molecular flexibility index (Phi) is 4.45. The molecule has 0 atom stereocenters. The number of carboxylic acids is 1. The molecule has 6 heteroatoms. The maximum atomic E-state index is 11.4. The molecule has 0 aliphatic rings. The second-order valence-electron chi connectivity index (χ2n) is 4.09. The van der Waals surface area contributed by atoms with Crippen LogP contribution in [0.4, 0.5) is 0 Å². The van der Waals surface area contributed by atoms with Crippen LogP contribution in [-0.4, -0.2) is 21.9 Å². The van der Waals surface area contributed by atoms with Gasteiger partial charge in [0.05, 0.1) is 5.75 Å². The van der Waals surface area contributed by atoms with Crippen molar-refractivity contribution in [2.45, 2.75) is 6.92 Å². The average Bonchev–Trinajstić information content (AvgIpc) is 2.42. The van der Waals surface area contributed by atoms with Gasteiger partial charge in [-0.25, -0.2) is 9.59 Å². The van der Waals surface area contributed by atoms with Crippen molar-refractivity contribution in [2.75, 3.05) is 5.75 Å². The minimum Gasteiger partial charge on any atom is -0.477 e. The number of carbonyl (C=O) groups excluding carboxylic acids is 1. The molecule has 0 unspecified atom stereocenters. The summed E-state index contributed by atoms with van der Waals surface area (Å²) >= 11 is 1.11. The van der Waals surface area contributed by atoms with Crippen molar-refractivity contribution in [3.8, 4) is 11.8 Å². The predicted molar refractivity (Wildman–Crippen MR) is 79.5 cm³/mol. The largest absolute Gasteiger partial charge is 0.477 e. The number of fused-ring (bicyclic) bond motifs is 1. The third-order valence-corrected chi connectivity index (χ3v) is 3.24. The van der Waals surface area contributed by atoms with Crippen molar-refractivity contribution >= 4 is 33.8 Å².